The van der Waals surface area contributed by atoms with Crippen LogP contribution in [0.4, 0.5) is 0 Å². The highest BCUT2D eigenvalue weighted by Crippen LogP contribution is 2.53. The van der Waals surface area contributed by atoms with Crippen molar-refractivity contribution in [2.24, 2.45) is 5.92 Å². The van der Waals surface area contributed by atoms with E-state index in [1.54, 1.807) is 6.92 Å². The van der Waals surface area contributed by atoms with Crippen molar-refractivity contribution in [2.45, 2.75) is 6.92 Å². The summed E-state index contributed by atoms with van der Waals surface area (Å²) in [5.41, 5.74) is 1.03. The molecule has 5 nitrogen and oxygen atoms in total. The fourth-order valence-electron chi connectivity index (χ4n) is 1.59. The van der Waals surface area contributed by atoms with Crippen LogP contribution in [0.5, 0.6) is 0 Å². The highest BCUT2D eigenvalue weighted by Gasteiger charge is 2.36. The molecule has 0 aromatic heterocycles. The Kier molecular flexibility index (Phi) is 2.66. The molecular formula is C8H13O5P. The Morgan fingerprint density at radius 3 is 3.00 bits per heavy atom. The number of phosphoric ester groups is 1. The first-order chi connectivity index (χ1) is 6.64. The molecular weight excluding hydrogens is 207 g/mol. The van der Waals surface area contributed by atoms with Gasteiger partial charge in [-0.1, -0.05) is 0 Å². The second kappa shape index (κ2) is 3.66. The molecule has 0 saturated carbocycles. The van der Waals surface area contributed by atoms with E-state index >= 15 is 0 Å². The summed E-state index contributed by atoms with van der Waals surface area (Å²) in [6, 6.07) is 0. The van der Waals surface area contributed by atoms with Crippen LogP contribution >= 0.6 is 7.82 Å². The number of phosphoric acid groups is 1. The number of fused-ring (bicyclic) bond motifs is 1. The van der Waals surface area contributed by atoms with Gasteiger partial charge in [0.1, 0.15) is 5.76 Å². The molecule has 1 saturated heterocycles. The molecule has 2 aliphatic rings. The number of rotatable bonds is 1. The third kappa shape index (κ3) is 1.73. The molecule has 0 aromatic rings. The first kappa shape index (κ1) is 10.2. The molecule has 0 aromatic carbocycles. The molecule has 6 heteroatoms. The summed E-state index contributed by atoms with van der Waals surface area (Å²) in [7, 11) is -2.05. The van der Waals surface area contributed by atoms with Crippen molar-refractivity contribution >= 4 is 7.82 Å². The van der Waals surface area contributed by atoms with E-state index in [4.69, 9.17) is 18.3 Å². The Morgan fingerprint density at radius 1 is 1.50 bits per heavy atom. The molecule has 0 amide bonds. The average molecular weight is 220 g/mol. The molecule has 0 aliphatic carbocycles. The highest BCUT2D eigenvalue weighted by molar-refractivity contribution is 7.48. The van der Waals surface area contributed by atoms with Crippen molar-refractivity contribution in [1.29, 1.82) is 0 Å². The van der Waals surface area contributed by atoms with Gasteiger partial charge in [-0.05, 0) is 6.92 Å². The predicted molar refractivity (Wildman–Crippen MR) is 48.7 cm³/mol. The zero-order valence-electron chi connectivity index (χ0n) is 8.19. The molecule has 0 radical (unpaired) electrons. The SMILES string of the molecule is CO[P@]1(=O)OC[C@H]2COCC2=C(C)O1. The van der Waals surface area contributed by atoms with Gasteiger partial charge < -0.3 is 9.26 Å². The summed E-state index contributed by atoms with van der Waals surface area (Å²) < 4.78 is 32.0. The van der Waals surface area contributed by atoms with Gasteiger partial charge in [-0.2, -0.15) is 0 Å². The van der Waals surface area contributed by atoms with Crippen LogP contribution in [0.15, 0.2) is 11.3 Å². The maximum Gasteiger partial charge on any atom is 0.529 e. The van der Waals surface area contributed by atoms with Crippen LogP contribution in [-0.2, 0) is 22.9 Å². The van der Waals surface area contributed by atoms with Crippen molar-refractivity contribution in [1.82, 2.24) is 0 Å². The molecule has 0 spiro atoms. The minimum atomic E-state index is -3.36. The molecule has 1 fully saturated rings. The van der Waals surface area contributed by atoms with Gasteiger partial charge in [0.2, 0.25) is 0 Å². The van der Waals surface area contributed by atoms with E-state index in [0.29, 0.717) is 25.6 Å². The lowest BCUT2D eigenvalue weighted by molar-refractivity contribution is 0.130. The normalized spacial score (nSPS) is 37.7. The zero-order valence-corrected chi connectivity index (χ0v) is 9.08. The van der Waals surface area contributed by atoms with E-state index in [2.05, 4.69) is 0 Å². The molecule has 14 heavy (non-hydrogen) atoms. The third-order valence-corrected chi connectivity index (χ3v) is 3.84. The molecule has 2 heterocycles. The quantitative estimate of drug-likeness (QED) is 0.629. The van der Waals surface area contributed by atoms with Crippen molar-refractivity contribution in [2.75, 3.05) is 26.9 Å². The summed E-state index contributed by atoms with van der Waals surface area (Å²) in [5, 5.41) is 0. The van der Waals surface area contributed by atoms with E-state index < -0.39 is 7.82 Å². The summed E-state index contributed by atoms with van der Waals surface area (Å²) in [5.74, 6) is 0.760. The molecule has 0 unspecified atom stereocenters. The maximum absolute atomic E-state index is 11.7. The molecule has 0 bridgehead atoms. The molecule has 2 aliphatic heterocycles. The second-order valence-corrected chi connectivity index (χ2v) is 5.01. The number of ether oxygens (including phenoxy) is 1. The van der Waals surface area contributed by atoms with Crippen LogP contribution in [0.2, 0.25) is 0 Å². The van der Waals surface area contributed by atoms with Gasteiger partial charge in [-0.3, -0.25) is 9.05 Å². The van der Waals surface area contributed by atoms with Crippen molar-refractivity contribution in [3.05, 3.63) is 11.3 Å². The van der Waals surface area contributed by atoms with Crippen LogP contribution in [0.1, 0.15) is 6.92 Å². The van der Waals surface area contributed by atoms with Gasteiger partial charge in [0, 0.05) is 18.6 Å². The van der Waals surface area contributed by atoms with Crippen molar-refractivity contribution < 1.29 is 22.9 Å². The molecule has 80 valence electrons. The Labute approximate surface area is 82.6 Å². The monoisotopic (exact) mass is 220 g/mol. The van der Waals surface area contributed by atoms with Crippen LogP contribution in [0, 0.1) is 5.92 Å². The second-order valence-electron chi connectivity index (χ2n) is 3.31. The van der Waals surface area contributed by atoms with Crippen molar-refractivity contribution in [3.8, 4) is 0 Å². The lowest BCUT2D eigenvalue weighted by Gasteiger charge is -2.14. The fourth-order valence-corrected chi connectivity index (χ4v) is 2.64. The maximum atomic E-state index is 11.7. The fraction of sp³-hybridized carbons (Fsp3) is 0.750. The van der Waals surface area contributed by atoms with Crippen LogP contribution in [-0.4, -0.2) is 26.9 Å². The van der Waals surface area contributed by atoms with Gasteiger partial charge in [0.15, 0.2) is 0 Å². The lowest BCUT2D eigenvalue weighted by Crippen LogP contribution is -2.08. The van der Waals surface area contributed by atoms with Gasteiger partial charge in [0.25, 0.3) is 0 Å². The van der Waals surface area contributed by atoms with E-state index in [1.165, 1.54) is 7.11 Å². The Morgan fingerprint density at radius 2 is 2.29 bits per heavy atom. The van der Waals surface area contributed by atoms with Gasteiger partial charge in [-0.15, -0.1) is 0 Å². The standard InChI is InChI=1S/C8H13O5P/c1-6-8-5-11-3-7(8)4-12-14(9,10-2)13-6/h7H,3-5H2,1-2H3/t7-,14-/m1/s1. The third-order valence-electron chi connectivity index (χ3n) is 2.43. The molecule has 2 atom stereocenters. The first-order valence-electron chi connectivity index (χ1n) is 4.42. The summed E-state index contributed by atoms with van der Waals surface area (Å²) in [6.45, 7) is 3.22. The molecule has 0 N–H and O–H groups in total. The first-order valence-corrected chi connectivity index (χ1v) is 5.88. The minimum Gasteiger partial charge on any atom is -0.409 e. The topological polar surface area (TPSA) is 54.0 Å². The van der Waals surface area contributed by atoms with Crippen molar-refractivity contribution in [3.63, 3.8) is 0 Å². The largest absolute Gasteiger partial charge is 0.529 e. The van der Waals surface area contributed by atoms with Crippen LogP contribution in [0.3, 0.4) is 0 Å². The Balaban J connectivity index is 2.26. The summed E-state index contributed by atoms with van der Waals surface area (Å²) >= 11 is 0. The van der Waals surface area contributed by atoms with Gasteiger partial charge >= 0.3 is 7.82 Å². The highest BCUT2D eigenvalue weighted by atomic mass is 31.2. The predicted octanol–water partition coefficient (Wildman–Crippen LogP) is 1.71. The minimum absolute atomic E-state index is 0.154. The van der Waals surface area contributed by atoms with E-state index in [-0.39, 0.29) is 5.92 Å². The van der Waals surface area contributed by atoms with Gasteiger partial charge in [-0.25, -0.2) is 4.57 Å². The van der Waals surface area contributed by atoms with Crippen LogP contribution < -0.4 is 0 Å². The Bertz CT molecular complexity index is 311. The summed E-state index contributed by atoms with van der Waals surface area (Å²) in [4.78, 5) is 0. The molecule has 2 rings (SSSR count). The van der Waals surface area contributed by atoms with E-state index in [9.17, 15) is 4.57 Å². The number of hydrogen-bond donors (Lipinski definition) is 0. The Hall–Kier alpha value is -0.350. The number of allylic oxidation sites excluding steroid dienone is 1. The van der Waals surface area contributed by atoms with Crippen LogP contribution in [0.25, 0.3) is 0 Å². The smallest absolute Gasteiger partial charge is 0.409 e. The summed E-state index contributed by atoms with van der Waals surface area (Å²) in [6.07, 6.45) is 0. The van der Waals surface area contributed by atoms with E-state index in [1.807, 2.05) is 0 Å². The lowest BCUT2D eigenvalue weighted by atomic mass is 10.0. The zero-order chi connectivity index (χ0) is 10.2. The van der Waals surface area contributed by atoms with Gasteiger partial charge in [0.05, 0.1) is 19.8 Å². The number of hydrogen-bond acceptors (Lipinski definition) is 5. The van der Waals surface area contributed by atoms with E-state index in [0.717, 1.165) is 5.57 Å². The average Bonchev–Trinajstić information content (AvgIpc) is 2.59.